The number of carbonyl (C=O) groups is 1. The standard InChI is InChI=1S/C13H20N4O2/c1-17(2)13(18)9-15-11(8-12(14)16-19)10-6-4-3-5-7-10/h3-7,11,15,19H,8-9H2,1-2H3,(H2,14,16). The van der Waals surface area contributed by atoms with Crippen molar-refractivity contribution >= 4 is 11.7 Å². The number of rotatable bonds is 6. The Morgan fingerprint density at radius 3 is 2.58 bits per heavy atom. The van der Waals surface area contributed by atoms with Crippen LogP contribution in [0.2, 0.25) is 0 Å². The lowest BCUT2D eigenvalue weighted by Gasteiger charge is -2.19. The molecule has 0 saturated carbocycles. The van der Waals surface area contributed by atoms with Gasteiger partial charge in [-0.3, -0.25) is 4.79 Å². The third-order valence-electron chi connectivity index (χ3n) is 2.74. The van der Waals surface area contributed by atoms with Gasteiger partial charge in [-0.25, -0.2) is 0 Å². The summed E-state index contributed by atoms with van der Waals surface area (Å²) in [4.78, 5) is 13.1. The lowest BCUT2D eigenvalue weighted by atomic mass is 10.0. The highest BCUT2D eigenvalue weighted by Gasteiger charge is 2.15. The zero-order valence-electron chi connectivity index (χ0n) is 11.2. The van der Waals surface area contributed by atoms with Gasteiger partial charge in [0.05, 0.1) is 6.54 Å². The van der Waals surface area contributed by atoms with Crippen LogP contribution in [0.15, 0.2) is 35.5 Å². The predicted octanol–water partition coefficient (Wildman–Crippen LogP) is 0.542. The van der Waals surface area contributed by atoms with E-state index in [-0.39, 0.29) is 24.3 Å². The molecule has 0 aliphatic heterocycles. The number of oxime groups is 1. The summed E-state index contributed by atoms with van der Waals surface area (Å²) in [6.07, 6.45) is 0.335. The van der Waals surface area contributed by atoms with Crippen LogP contribution in [-0.2, 0) is 4.79 Å². The fourth-order valence-electron chi connectivity index (χ4n) is 1.61. The van der Waals surface area contributed by atoms with E-state index in [9.17, 15) is 4.79 Å². The van der Waals surface area contributed by atoms with E-state index >= 15 is 0 Å². The summed E-state index contributed by atoms with van der Waals surface area (Å²) in [5.74, 6) is 0.0964. The Morgan fingerprint density at radius 1 is 1.42 bits per heavy atom. The summed E-state index contributed by atoms with van der Waals surface area (Å²) in [5.41, 5.74) is 6.53. The Balaban J connectivity index is 2.73. The number of amidine groups is 1. The van der Waals surface area contributed by atoms with Crippen LogP contribution in [0, 0.1) is 0 Å². The largest absolute Gasteiger partial charge is 0.409 e. The minimum atomic E-state index is -0.166. The summed E-state index contributed by atoms with van der Waals surface area (Å²) in [6.45, 7) is 0.200. The number of hydrogen-bond donors (Lipinski definition) is 3. The molecule has 0 radical (unpaired) electrons. The van der Waals surface area contributed by atoms with Crippen molar-refractivity contribution in [3.63, 3.8) is 0 Å². The summed E-state index contributed by atoms with van der Waals surface area (Å²) in [6, 6.07) is 9.43. The molecule has 1 unspecified atom stereocenters. The molecule has 0 aliphatic carbocycles. The molecule has 6 heteroatoms. The molecule has 19 heavy (non-hydrogen) atoms. The maximum atomic E-state index is 11.6. The number of nitrogens with two attached hydrogens (primary N) is 1. The molecule has 104 valence electrons. The number of likely N-dealkylation sites (N-methyl/N-ethyl adjacent to an activating group) is 1. The Kier molecular flexibility index (Phi) is 5.81. The molecule has 0 heterocycles. The minimum absolute atomic E-state index is 0.0274. The second-order valence-corrected chi connectivity index (χ2v) is 4.43. The second kappa shape index (κ2) is 7.38. The summed E-state index contributed by atoms with van der Waals surface area (Å²) >= 11 is 0. The number of amides is 1. The van der Waals surface area contributed by atoms with Crippen molar-refractivity contribution in [2.75, 3.05) is 20.6 Å². The molecule has 1 aromatic rings. The predicted molar refractivity (Wildman–Crippen MR) is 73.9 cm³/mol. The number of nitrogens with zero attached hydrogens (tertiary/aromatic N) is 2. The molecule has 0 spiro atoms. The highest BCUT2D eigenvalue weighted by Crippen LogP contribution is 2.16. The Morgan fingerprint density at radius 2 is 2.05 bits per heavy atom. The van der Waals surface area contributed by atoms with Crippen LogP contribution in [0.1, 0.15) is 18.0 Å². The van der Waals surface area contributed by atoms with E-state index in [1.54, 1.807) is 14.1 Å². The molecule has 6 nitrogen and oxygen atoms in total. The third-order valence-corrected chi connectivity index (χ3v) is 2.74. The first kappa shape index (κ1) is 15.0. The van der Waals surface area contributed by atoms with Gasteiger partial charge in [0, 0.05) is 26.6 Å². The average Bonchev–Trinajstić information content (AvgIpc) is 2.43. The normalized spacial score (nSPS) is 13.1. The van der Waals surface area contributed by atoms with Crippen LogP contribution in [0.25, 0.3) is 0 Å². The Labute approximate surface area is 112 Å². The number of hydrogen-bond acceptors (Lipinski definition) is 4. The van der Waals surface area contributed by atoms with Crippen molar-refractivity contribution in [3.8, 4) is 0 Å². The quantitative estimate of drug-likeness (QED) is 0.303. The van der Waals surface area contributed by atoms with E-state index in [4.69, 9.17) is 10.9 Å². The number of benzene rings is 1. The van der Waals surface area contributed by atoms with Gasteiger partial charge in [-0.15, -0.1) is 0 Å². The van der Waals surface area contributed by atoms with E-state index < -0.39 is 0 Å². The van der Waals surface area contributed by atoms with Crippen LogP contribution in [0.5, 0.6) is 0 Å². The lowest BCUT2D eigenvalue weighted by Crippen LogP contribution is -2.36. The fraction of sp³-hybridized carbons (Fsp3) is 0.385. The monoisotopic (exact) mass is 264 g/mol. The fourth-order valence-corrected chi connectivity index (χ4v) is 1.61. The summed E-state index contributed by atoms with van der Waals surface area (Å²) in [5, 5.41) is 14.8. The van der Waals surface area contributed by atoms with Crippen LogP contribution in [-0.4, -0.2) is 42.5 Å². The van der Waals surface area contributed by atoms with Gasteiger partial charge in [-0.2, -0.15) is 0 Å². The second-order valence-electron chi connectivity index (χ2n) is 4.43. The SMILES string of the molecule is CN(C)C(=O)CNC(CC(N)=NO)c1ccccc1. The van der Waals surface area contributed by atoms with Crippen molar-refractivity contribution < 1.29 is 10.0 Å². The highest BCUT2D eigenvalue weighted by molar-refractivity contribution is 5.81. The van der Waals surface area contributed by atoms with Gasteiger partial charge >= 0.3 is 0 Å². The molecular formula is C13H20N4O2. The Hall–Kier alpha value is -2.08. The van der Waals surface area contributed by atoms with E-state index in [2.05, 4.69) is 10.5 Å². The minimum Gasteiger partial charge on any atom is -0.409 e. The van der Waals surface area contributed by atoms with Gasteiger partial charge in [0.15, 0.2) is 0 Å². The molecule has 1 aromatic carbocycles. The van der Waals surface area contributed by atoms with E-state index in [1.165, 1.54) is 4.90 Å². The van der Waals surface area contributed by atoms with Crippen molar-refractivity contribution in [1.82, 2.24) is 10.2 Å². The molecule has 0 aromatic heterocycles. The molecule has 0 bridgehead atoms. The van der Waals surface area contributed by atoms with Gasteiger partial charge in [0.1, 0.15) is 5.84 Å². The molecule has 0 saturated heterocycles. The molecule has 1 amide bonds. The van der Waals surface area contributed by atoms with E-state index in [0.717, 1.165) is 5.56 Å². The summed E-state index contributed by atoms with van der Waals surface area (Å²) < 4.78 is 0. The first-order chi connectivity index (χ1) is 9.04. The van der Waals surface area contributed by atoms with Gasteiger partial charge in [0.25, 0.3) is 0 Å². The van der Waals surface area contributed by atoms with Gasteiger partial charge in [-0.1, -0.05) is 35.5 Å². The molecule has 1 rings (SSSR count). The topological polar surface area (TPSA) is 91.0 Å². The third kappa shape index (κ3) is 4.97. The van der Waals surface area contributed by atoms with Gasteiger partial charge in [0.2, 0.25) is 5.91 Å². The molecule has 4 N–H and O–H groups in total. The Bertz CT molecular complexity index is 432. The first-order valence-corrected chi connectivity index (χ1v) is 5.99. The van der Waals surface area contributed by atoms with Crippen LogP contribution >= 0.6 is 0 Å². The van der Waals surface area contributed by atoms with Crippen LogP contribution < -0.4 is 11.1 Å². The zero-order valence-corrected chi connectivity index (χ0v) is 11.2. The smallest absolute Gasteiger partial charge is 0.236 e. The zero-order chi connectivity index (χ0) is 14.3. The van der Waals surface area contributed by atoms with Crippen molar-refractivity contribution in [3.05, 3.63) is 35.9 Å². The van der Waals surface area contributed by atoms with Crippen LogP contribution in [0.4, 0.5) is 0 Å². The highest BCUT2D eigenvalue weighted by atomic mass is 16.4. The number of carbonyl (C=O) groups excluding carboxylic acids is 1. The first-order valence-electron chi connectivity index (χ1n) is 5.99. The van der Waals surface area contributed by atoms with Gasteiger partial charge < -0.3 is 21.2 Å². The van der Waals surface area contributed by atoms with Crippen molar-refractivity contribution in [1.29, 1.82) is 0 Å². The average molecular weight is 264 g/mol. The van der Waals surface area contributed by atoms with Gasteiger partial charge in [-0.05, 0) is 5.56 Å². The lowest BCUT2D eigenvalue weighted by molar-refractivity contribution is -0.127. The molecular weight excluding hydrogens is 244 g/mol. The van der Waals surface area contributed by atoms with Crippen molar-refractivity contribution in [2.24, 2.45) is 10.9 Å². The van der Waals surface area contributed by atoms with Crippen LogP contribution in [0.3, 0.4) is 0 Å². The molecule has 1 atom stereocenters. The van der Waals surface area contributed by atoms with E-state index in [0.29, 0.717) is 6.42 Å². The maximum absolute atomic E-state index is 11.6. The van der Waals surface area contributed by atoms with Crippen molar-refractivity contribution in [2.45, 2.75) is 12.5 Å². The van der Waals surface area contributed by atoms with E-state index in [1.807, 2.05) is 30.3 Å². The molecule has 0 fully saturated rings. The maximum Gasteiger partial charge on any atom is 0.236 e. The number of nitrogens with one attached hydrogen (secondary N) is 1. The molecule has 0 aliphatic rings. The summed E-state index contributed by atoms with van der Waals surface area (Å²) in [7, 11) is 3.40.